The lowest BCUT2D eigenvalue weighted by atomic mass is 10.1. The van der Waals surface area contributed by atoms with Crippen LogP contribution in [0.4, 0.5) is 5.95 Å². The Balaban J connectivity index is 2.56. The molecule has 2 N–H and O–H groups in total. The third kappa shape index (κ3) is 4.21. The van der Waals surface area contributed by atoms with Crippen molar-refractivity contribution >= 4 is 5.95 Å². The lowest BCUT2D eigenvalue weighted by Crippen LogP contribution is -2.18. The molecule has 0 atom stereocenters. The van der Waals surface area contributed by atoms with Crippen LogP contribution >= 0.6 is 0 Å². The number of hydrogen-bond acceptors (Lipinski definition) is 3. The van der Waals surface area contributed by atoms with E-state index in [-0.39, 0.29) is 5.56 Å². The third-order valence-electron chi connectivity index (χ3n) is 2.99. The Morgan fingerprint density at radius 3 is 2.53 bits per heavy atom. The van der Waals surface area contributed by atoms with Crippen molar-refractivity contribution in [2.75, 3.05) is 12.4 Å². The number of aryl methyl sites for hydroxylation is 1. The molecule has 0 unspecified atom stereocenters. The first-order chi connectivity index (χ1) is 8.19. The molecule has 17 heavy (non-hydrogen) atoms. The van der Waals surface area contributed by atoms with E-state index in [1.165, 1.54) is 25.7 Å². The van der Waals surface area contributed by atoms with Crippen LogP contribution in [-0.4, -0.2) is 17.0 Å². The van der Waals surface area contributed by atoms with Crippen LogP contribution in [0.15, 0.2) is 4.79 Å². The SMILES string of the molecule is CCCCCCCc1c(C)nc(NC)[nH]c1=O. The van der Waals surface area contributed by atoms with Crippen molar-refractivity contribution in [1.82, 2.24) is 9.97 Å². The summed E-state index contributed by atoms with van der Waals surface area (Å²) in [5.74, 6) is 0.544. The van der Waals surface area contributed by atoms with Crippen molar-refractivity contribution in [2.24, 2.45) is 0 Å². The second kappa shape index (κ2) is 7.09. The van der Waals surface area contributed by atoms with Crippen LogP contribution in [0.3, 0.4) is 0 Å². The number of nitrogens with one attached hydrogen (secondary N) is 2. The number of hydrogen-bond donors (Lipinski definition) is 2. The highest BCUT2D eigenvalue weighted by atomic mass is 16.1. The highest BCUT2D eigenvalue weighted by Gasteiger charge is 2.06. The van der Waals surface area contributed by atoms with Gasteiger partial charge in [-0.3, -0.25) is 9.78 Å². The van der Waals surface area contributed by atoms with E-state index < -0.39 is 0 Å². The summed E-state index contributed by atoms with van der Waals surface area (Å²) >= 11 is 0. The molecule has 4 heteroatoms. The number of aromatic amines is 1. The number of nitrogens with zero attached hydrogens (tertiary/aromatic N) is 1. The maximum absolute atomic E-state index is 11.8. The molecule has 96 valence electrons. The molecule has 0 bridgehead atoms. The number of H-pyrrole nitrogens is 1. The molecule has 0 saturated carbocycles. The monoisotopic (exact) mass is 237 g/mol. The fraction of sp³-hybridized carbons (Fsp3) is 0.692. The molecule has 0 aliphatic heterocycles. The molecule has 1 aromatic rings. The third-order valence-corrected chi connectivity index (χ3v) is 2.99. The minimum atomic E-state index is -0.00246. The molecule has 0 fully saturated rings. The van der Waals surface area contributed by atoms with Crippen molar-refractivity contribution < 1.29 is 0 Å². The molecular formula is C13H23N3O. The smallest absolute Gasteiger partial charge is 0.255 e. The molecule has 1 aromatic heterocycles. The summed E-state index contributed by atoms with van der Waals surface area (Å²) in [5.41, 5.74) is 1.67. The summed E-state index contributed by atoms with van der Waals surface area (Å²) in [4.78, 5) is 18.8. The van der Waals surface area contributed by atoms with Crippen molar-refractivity contribution in [3.63, 3.8) is 0 Å². The molecule has 1 rings (SSSR count). The zero-order chi connectivity index (χ0) is 12.7. The lowest BCUT2D eigenvalue weighted by molar-refractivity contribution is 0.628. The molecule has 0 spiro atoms. The Kier molecular flexibility index (Phi) is 5.73. The molecular weight excluding hydrogens is 214 g/mol. The van der Waals surface area contributed by atoms with Crippen molar-refractivity contribution in [3.05, 3.63) is 21.6 Å². The maximum Gasteiger partial charge on any atom is 0.255 e. The van der Waals surface area contributed by atoms with Crippen LogP contribution in [0.25, 0.3) is 0 Å². The van der Waals surface area contributed by atoms with Crippen LogP contribution in [0.5, 0.6) is 0 Å². The van der Waals surface area contributed by atoms with E-state index in [0.717, 1.165) is 24.1 Å². The Morgan fingerprint density at radius 1 is 1.24 bits per heavy atom. The predicted molar refractivity (Wildman–Crippen MR) is 71.6 cm³/mol. The minimum absolute atomic E-state index is 0.00246. The average Bonchev–Trinajstić information content (AvgIpc) is 2.31. The summed E-state index contributed by atoms with van der Waals surface area (Å²) in [5, 5.41) is 2.85. The fourth-order valence-corrected chi connectivity index (χ4v) is 1.93. The number of aromatic nitrogens is 2. The van der Waals surface area contributed by atoms with Gasteiger partial charge in [0.25, 0.3) is 5.56 Å². The van der Waals surface area contributed by atoms with Crippen LogP contribution in [-0.2, 0) is 6.42 Å². The highest BCUT2D eigenvalue weighted by Crippen LogP contribution is 2.09. The number of anilines is 1. The first-order valence-corrected chi connectivity index (χ1v) is 6.46. The highest BCUT2D eigenvalue weighted by molar-refractivity contribution is 5.28. The average molecular weight is 237 g/mol. The topological polar surface area (TPSA) is 57.8 Å². The van der Waals surface area contributed by atoms with Crippen LogP contribution < -0.4 is 10.9 Å². The Hall–Kier alpha value is -1.32. The van der Waals surface area contributed by atoms with Crippen molar-refractivity contribution in [1.29, 1.82) is 0 Å². The largest absolute Gasteiger partial charge is 0.359 e. The van der Waals surface area contributed by atoms with Gasteiger partial charge in [-0.05, 0) is 19.8 Å². The van der Waals surface area contributed by atoms with Gasteiger partial charge in [0.15, 0.2) is 0 Å². The normalized spacial score (nSPS) is 10.5. The molecule has 0 radical (unpaired) electrons. The van der Waals surface area contributed by atoms with Gasteiger partial charge in [0.2, 0.25) is 5.95 Å². The van der Waals surface area contributed by atoms with Crippen LogP contribution in [0, 0.1) is 6.92 Å². The number of rotatable bonds is 7. The van der Waals surface area contributed by atoms with Crippen LogP contribution in [0.2, 0.25) is 0 Å². The Bertz CT molecular complexity index is 398. The second-order valence-electron chi connectivity index (χ2n) is 4.39. The minimum Gasteiger partial charge on any atom is -0.359 e. The molecule has 0 aliphatic carbocycles. The van der Waals surface area contributed by atoms with Crippen molar-refractivity contribution in [3.8, 4) is 0 Å². The molecule has 1 heterocycles. The standard InChI is InChI=1S/C13H23N3O/c1-4-5-6-7-8-9-11-10(2)15-13(14-3)16-12(11)17/h4-9H2,1-3H3,(H2,14,15,16,17). The van der Waals surface area contributed by atoms with E-state index in [1.54, 1.807) is 7.05 Å². The summed E-state index contributed by atoms with van der Waals surface area (Å²) in [6, 6.07) is 0. The predicted octanol–water partition coefficient (Wildman–Crippen LogP) is 2.63. The van der Waals surface area contributed by atoms with Gasteiger partial charge in [-0.25, -0.2) is 4.98 Å². The van der Waals surface area contributed by atoms with E-state index in [0.29, 0.717) is 5.95 Å². The summed E-state index contributed by atoms with van der Waals surface area (Å²) < 4.78 is 0. The van der Waals surface area contributed by atoms with Gasteiger partial charge in [0.1, 0.15) is 0 Å². The molecule has 0 aliphatic rings. The lowest BCUT2D eigenvalue weighted by Gasteiger charge is -2.06. The van der Waals surface area contributed by atoms with Gasteiger partial charge in [-0.15, -0.1) is 0 Å². The maximum atomic E-state index is 11.8. The number of unbranched alkanes of at least 4 members (excludes halogenated alkanes) is 4. The Labute approximate surface area is 103 Å². The molecule has 0 aromatic carbocycles. The van der Waals surface area contributed by atoms with E-state index in [2.05, 4.69) is 22.2 Å². The van der Waals surface area contributed by atoms with Gasteiger partial charge in [0, 0.05) is 18.3 Å². The van der Waals surface area contributed by atoms with E-state index >= 15 is 0 Å². The van der Waals surface area contributed by atoms with Crippen LogP contribution in [0.1, 0.15) is 50.3 Å². The van der Waals surface area contributed by atoms with Gasteiger partial charge in [-0.2, -0.15) is 0 Å². The second-order valence-corrected chi connectivity index (χ2v) is 4.39. The van der Waals surface area contributed by atoms with Gasteiger partial charge >= 0.3 is 0 Å². The van der Waals surface area contributed by atoms with Crippen molar-refractivity contribution in [2.45, 2.75) is 52.4 Å². The van der Waals surface area contributed by atoms with Gasteiger partial charge in [0.05, 0.1) is 0 Å². The summed E-state index contributed by atoms with van der Waals surface area (Å²) in [7, 11) is 1.75. The van der Waals surface area contributed by atoms with Gasteiger partial charge < -0.3 is 5.32 Å². The zero-order valence-electron chi connectivity index (χ0n) is 11.1. The fourth-order valence-electron chi connectivity index (χ4n) is 1.93. The molecule has 4 nitrogen and oxygen atoms in total. The van der Waals surface area contributed by atoms with E-state index in [9.17, 15) is 4.79 Å². The summed E-state index contributed by atoms with van der Waals surface area (Å²) in [6.07, 6.45) is 6.90. The first-order valence-electron chi connectivity index (χ1n) is 6.46. The first kappa shape index (κ1) is 13.7. The zero-order valence-corrected chi connectivity index (χ0v) is 11.1. The molecule has 0 saturated heterocycles. The Morgan fingerprint density at radius 2 is 1.94 bits per heavy atom. The van der Waals surface area contributed by atoms with E-state index in [4.69, 9.17) is 0 Å². The molecule has 0 amide bonds. The van der Waals surface area contributed by atoms with E-state index in [1.807, 2.05) is 6.92 Å². The summed E-state index contributed by atoms with van der Waals surface area (Å²) in [6.45, 7) is 4.10. The quantitative estimate of drug-likeness (QED) is 0.717. The van der Waals surface area contributed by atoms with Gasteiger partial charge in [-0.1, -0.05) is 32.6 Å².